The van der Waals surface area contributed by atoms with Crippen LogP contribution in [0.25, 0.3) is 0 Å². The summed E-state index contributed by atoms with van der Waals surface area (Å²) in [6, 6.07) is 2.01. The van der Waals surface area contributed by atoms with E-state index in [1.165, 1.54) is 0 Å². The highest BCUT2D eigenvalue weighted by molar-refractivity contribution is 5.95. The summed E-state index contributed by atoms with van der Waals surface area (Å²) in [6.07, 6.45) is 3.61. The Morgan fingerprint density at radius 3 is 2.60 bits per heavy atom. The summed E-state index contributed by atoms with van der Waals surface area (Å²) < 4.78 is 8.80. The number of aromatic nitrogens is 3. The Kier molecular flexibility index (Phi) is 7.10. The van der Waals surface area contributed by atoms with E-state index in [2.05, 4.69) is 10.4 Å². The lowest BCUT2D eigenvalue weighted by atomic mass is 10.0. The van der Waals surface area contributed by atoms with E-state index in [1.54, 1.807) is 16.6 Å². The van der Waals surface area contributed by atoms with Crippen LogP contribution in [0.3, 0.4) is 0 Å². The van der Waals surface area contributed by atoms with Gasteiger partial charge < -0.3 is 19.5 Å². The molecule has 0 aliphatic carbocycles. The van der Waals surface area contributed by atoms with Gasteiger partial charge in [0, 0.05) is 50.7 Å². The average Bonchev–Trinajstić information content (AvgIpc) is 2.97. The largest absolute Gasteiger partial charge is 0.383 e. The number of amides is 1. The lowest BCUT2D eigenvalue weighted by Gasteiger charge is -2.27. The third-order valence-electron chi connectivity index (χ3n) is 6.10. The molecule has 1 aliphatic heterocycles. The molecule has 1 amide bonds. The van der Waals surface area contributed by atoms with Gasteiger partial charge in [0.05, 0.1) is 12.3 Å². The Labute approximate surface area is 177 Å². The Morgan fingerprint density at radius 2 is 2.00 bits per heavy atom. The summed E-state index contributed by atoms with van der Waals surface area (Å²) in [4.78, 5) is 28.6. The van der Waals surface area contributed by atoms with Gasteiger partial charge in [0.15, 0.2) is 0 Å². The van der Waals surface area contributed by atoms with Crippen molar-refractivity contribution in [3.63, 3.8) is 0 Å². The first-order valence-electron chi connectivity index (χ1n) is 10.5. The monoisotopic (exact) mass is 415 g/mol. The predicted molar refractivity (Wildman–Crippen MR) is 116 cm³/mol. The molecule has 3 heterocycles. The smallest absolute Gasteiger partial charge is 0.263 e. The Bertz CT molecular complexity index is 956. The molecule has 0 radical (unpaired) electrons. The molecule has 0 unspecified atom stereocenters. The number of ether oxygens (including phenoxy) is 1. The predicted octanol–water partition coefficient (Wildman–Crippen LogP) is 1.72. The second-order valence-corrected chi connectivity index (χ2v) is 8.06. The summed E-state index contributed by atoms with van der Waals surface area (Å²) >= 11 is 0. The molecule has 2 aromatic rings. The van der Waals surface area contributed by atoms with Crippen LogP contribution in [-0.2, 0) is 18.3 Å². The quantitative estimate of drug-likeness (QED) is 0.745. The van der Waals surface area contributed by atoms with Crippen molar-refractivity contribution >= 4 is 5.91 Å². The van der Waals surface area contributed by atoms with Gasteiger partial charge >= 0.3 is 0 Å². The van der Waals surface area contributed by atoms with Crippen molar-refractivity contribution < 1.29 is 9.53 Å². The third kappa shape index (κ3) is 4.49. The summed E-state index contributed by atoms with van der Waals surface area (Å²) in [5, 5.41) is 7.78. The Hall–Kier alpha value is -2.45. The number of nitrogens with one attached hydrogen (secondary N) is 1. The van der Waals surface area contributed by atoms with Crippen LogP contribution >= 0.6 is 0 Å². The van der Waals surface area contributed by atoms with Crippen molar-refractivity contribution in [1.29, 1.82) is 0 Å². The van der Waals surface area contributed by atoms with Crippen molar-refractivity contribution in [2.75, 3.05) is 33.4 Å². The number of carbonyl (C=O) groups is 1. The summed E-state index contributed by atoms with van der Waals surface area (Å²) in [6.45, 7) is 8.74. The lowest BCUT2D eigenvalue weighted by molar-refractivity contribution is 0.0676. The highest BCUT2D eigenvalue weighted by atomic mass is 16.5. The Balaban J connectivity index is 1.96. The molecular formula is C22H33N5O3. The normalized spacial score (nSPS) is 14.8. The minimum absolute atomic E-state index is 0.126. The molecule has 1 aliphatic rings. The molecule has 2 aromatic heterocycles. The molecule has 30 heavy (non-hydrogen) atoms. The molecule has 0 aromatic carbocycles. The van der Waals surface area contributed by atoms with Crippen LogP contribution in [0.4, 0.5) is 0 Å². The maximum atomic E-state index is 13.6. The fraction of sp³-hybridized carbons (Fsp3) is 0.591. The van der Waals surface area contributed by atoms with Crippen LogP contribution in [-0.4, -0.2) is 58.5 Å². The molecule has 3 rings (SSSR count). The van der Waals surface area contributed by atoms with Gasteiger partial charge in [0.25, 0.3) is 11.5 Å². The molecule has 164 valence electrons. The van der Waals surface area contributed by atoms with Gasteiger partial charge in [-0.3, -0.25) is 14.3 Å². The zero-order valence-electron chi connectivity index (χ0n) is 18.7. The van der Waals surface area contributed by atoms with E-state index in [9.17, 15) is 9.59 Å². The second kappa shape index (κ2) is 9.57. The number of hydrogen-bond acceptors (Lipinski definition) is 5. The van der Waals surface area contributed by atoms with Crippen molar-refractivity contribution in [2.24, 2.45) is 7.05 Å². The van der Waals surface area contributed by atoms with Crippen molar-refractivity contribution in [2.45, 2.75) is 46.2 Å². The van der Waals surface area contributed by atoms with E-state index >= 15 is 0 Å². The maximum absolute atomic E-state index is 13.6. The van der Waals surface area contributed by atoms with Gasteiger partial charge in [0.1, 0.15) is 5.56 Å². The number of rotatable bonds is 7. The van der Waals surface area contributed by atoms with Crippen LogP contribution in [0.2, 0.25) is 0 Å². The fourth-order valence-corrected chi connectivity index (χ4v) is 4.12. The first-order valence-corrected chi connectivity index (χ1v) is 10.5. The maximum Gasteiger partial charge on any atom is 0.263 e. The molecule has 8 nitrogen and oxygen atoms in total. The zero-order chi connectivity index (χ0) is 21.8. The Morgan fingerprint density at radius 1 is 1.30 bits per heavy atom. The van der Waals surface area contributed by atoms with Crippen molar-refractivity contribution in [3.8, 4) is 0 Å². The van der Waals surface area contributed by atoms with Gasteiger partial charge in [0.2, 0.25) is 0 Å². The van der Waals surface area contributed by atoms with Crippen molar-refractivity contribution in [3.05, 3.63) is 50.7 Å². The minimum atomic E-state index is -0.250. The average molecular weight is 416 g/mol. The molecule has 1 N–H and O–H groups in total. The van der Waals surface area contributed by atoms with Gasteiger partial charge in [-0.1, -0.05) is 0 Å². The van der Waals surface area contributed by atoms with Crippen molar-refractivity contribution in [1.82, 2.24) is 24.6 Å². The number of carbonyl (C=O) groups excluding carboxylic acids is 1. The zero-order valence-corrected chi connectivity index (χ0v) is 18.7. The fourth-order valence-electron chi connectivity index (χ4n) is 4.12. The van der Waals surface area contributed by atoms with E-state index in [0.717, 1.165) is 42.9 Å². The molecular weight excluding hydrogens is 382 g/mol. The van der Waals surface area contributed by atoms with Crippen LogP contribution in [0.15, 0.2) is 17.1 Å². The first-order chi connectivity index (χ1) is 14.3. The highest BCUT2D eigenvalue weighted by Gasteiger charge is 2.26. The molecule has 8 heteroatoms. The topological polar surface area (TPSA) is 81.4 Å². The molecule has 0 atom stereocenters. The number of methoxy groups -OCH3 is 1. The number of aryl methyl sites for hydroxylation is 3. The summed E-state index contributed by atoms with van der Waals surface area (Å²) in [7, 11) is 3.51. The van der Waals surface area contributed by atoms with Crippen LogP contribution in [0.1, 0.15) is 51.8 Å². The van der Waals surface area contributed by atoms with Crippen LogP contribution < -0.4 is 10.9 Å². The third-order valence-corrected chi connectivity index (χ3v) is 6.10. The molecule has 0 saturated carbocycles. The van der Waals surface area contributed by atoms with Crippen LogP contribution in [0, 0.1) is 20.8 Å². The van der Waals surface area contributed by atoms with E-state index in [-0.39, 0.29) is 23.1 Å². The number of pyridine rings is 1. The van der Waals surface area contributed by atoms with Gasteiger partial charge in [-0.25, -0.2) is 0 Å². The lowest BCUT2D eigenvalue weighted by Crippen LogP contribution is -2.41. The number of hydrogen-bond donors (Lipinski definition) is 1. The number of piperidine rings is 1. The van der Waals surface area contributed by atoms with Gasteiger partial charge in [-0.15, -0.1) is 0 Å². The molecule has 1 saturated heterocycles. The van der Waals surface area contributed by atoms with Gasteiger partial charge in [-0.2, -0.15) is 5.10 Å². The molecule has 1 fully saturated rings. The van der Waals surface area contributed by atoms with E-state index in [1.807, 2.05) is 44.8 Å². The second-order valence-electron chi connectivity index (χ2n) is 8.06. The standard InChI is InChI=1S/C22H33N5O3/c1-15-8-11-27(18-6-9-23-10-7-18)22(29)20(15)21(28)26(12-13-30-5)14-19-16(2)24-25(4)17(19)3/h8,11,18,23H,6-7,9-10,12-14H2,1-5H3. The highest BCUT2D eigenvalue weighted by Crippen LogP contribution is 2.20. The van der Waals surface area contributed by atoms with Gasteiger partial charge in [-0.05, 0) is 58.3 Å². The SMILES string of the molecule is COCCN(Cc1c(C)nn(C)c1C)C(=O)c1c(C)ccn(C2CCNCC2)c1=O. The van der Waals surface area contributed by atoms with Crippen LogP contribution in [0.5, 0.6) is 0 Å². The van der Waals surface area contributed by atoms with E-state index < -0.39 is 0 Å². The first kappa shape index (κ1) is 22.2. The van der Waals surface area contributed by atoms with E-state index in [0.29, 0.717) is 25.3 Å². The number of nitrogens with zero attached hydrogens (tertiary/aromatic N) is 4. The summed E-state index contributed by atoms with van der Waals surface area (Å²) in [5.41, 5.74) is 3.67. The molecule has 0 bridgehead atoms. The molecule has 0 spiro atoms. The minimum Gasteiger partial charge on any atom is -0.383 e. The van der Waals surface area contributed by atoms with E-state index in [4.69, 9.17) is 4.74 Å². The summed E-state index contributed by atoms with van der Waals surface area (Å²) in [5.74, 6) is -0.250.